The van der Waals surface area contributed by atoms with Gasteiger partial charge in [0.25, 0.3) is 0 Å². The van der Waals surface area contributed by atoms with E-state index in [-0.39, 0.29) is 55.2 Å². The molecule has 2 fully saturated rings. The minimum atomic E-state index is -5.28. The highest BCUT2D eigenvalue weighted by Crippen LogP contribution is 2.50. The number of aliphatic hydroxyl groups is 1. The fraction of sp³-hybridized carbons (Fsp3) is 0.514. The Hall–Kier alpha value is -5.64. The monoisotopic (exact) mass is 984 g/mol. The summed E-state index contributed by atoms with van der Waals surface area (Å²) in [7, 11) is -10.4. The molecule has 67 heavy (non-hydrogen) atoms. The number of anilines is 2. The van der Waals surface area contributed by atoms with E-state index in [4.69, 9.17) is 44.2 Å². The number of phosphoric acid groups is 2. The second-order valence-corrected chi connectivity index (χ2v) is 18.6. The number of nitrogens with one attached hydrogen (secondary N) is 2. The molecule has 5 heterocycles. The van der Waals surface area contributed by atoms with Gasteiger partial charge in [-0.3, -0.25) is 22.7 Å². The number of ether oxygens (including phenoxy) is 5. The van der Waals surface area contributed by atoms with E-state index in [0.717, 1.165) is 16.5 Å². The molecule has 4 aromatic rings. The smallest absolute Gasteiger partial charge is 0.455 e. The topological polar surface area (TPSA) is 395 Å². The molecule has 0 spiro atoms. The standard InChI is InChI=1S/C37H50N10O18P2/c1-37(2,3)64-36(52)44-21(10-7-12-40-35(51)58-15-20-8-5-4-6-9-20)33(49)63-29-24(62-32(28(29)48)47-19-43-27-30(39)41-18-42-31(27)47)17-60-67(56,57)65-22-14-26(46-13-11-25(38)45-34(46)50)61-23(22)16-59-66(53,54)55/h4-6,8-9,11,13,18-19,21-24,26,28-29,32,48H,7,10,12,14-17H2,1-3H3,(H,40,51)(H,44,52)(H,56,57)(H2,38,45,50)(H2,39,41,42)(H2,53,54,55)/t21-,22+,23-,24?,26-,28?,29?,32?/m1/s1. The van der Waals surface area contributed by atoms with Crippen molar-refractivity contribution in [2.24, 2.45) is 0 Å². The van der Waals surface area contributed by atoms with Gasteiger partial charge in [0.2, 0.25) is 0 Å². The van der Waals surface area contributed by atoms with E-state index in [9.17, 15) is 48.1 Å². The third-order valence-corrected chi connectivity index (χ3v) is 11.3. The Kier molecular flexibility index (Phi) is 16.3. The number of nitrogens with zero attached hydrogens (tertiary/aromatic N) is 6. The molecule has 2 aliphatic rings. The molecular formula is C37H50N10O18P2. The lowest BCUT2D eigenvalue weighted by Gasteiger charge is -2.26. The molecule has 2 amide bonds. The zero-order chi connectivity index (χ0) is 48.7. The summed E-state index contributed by atoms with van der Waals surface area (Å²) >= 11 is 0. The number of aromatic nitrogens is 6. The first kappa shape index (κ1) is 50.8. The highest BCUT2D eigenvalue weighted by Gasteiger charge is 2.50. The summed E-state index contributed by atoms with van der Waals surface area (Å²) in [5.74, 6) is -1.27. The van der Waals surface area contributed by atoms with Crippen molar-refractivity contribution in [1.82, 2.24) is 39.7 Å². The van der Waals surface area contributed by atoms with Gasteiger partial charge in [-0.1, -0.05) is 30.3 Å². The van der Waals surface area contributed by atoms with Crippen LogP contribution < -0.4 is 27.8 Å². The summed E-state index contributed by atoms with van der Waals surface area (Å²) in [6.07, 6.45) is -9.47. The van der Waals surface area contributed by atoms with E-state index in [2.05, 4.69) is 35.1 Å². The van der Waals surface area contributed by atoms with Crippen LogP contribution in [0.5, 0.6) is 0 Å². The van der Waals surface area contributed by atoms with Gasteiger partial charge in [0.1, 0.15) is 66.6 Å². The molecule has 2 aliphatic heterocycles. The lowest BCUT2D eigenvalue weighted by atomic mass is 10.1. The number of alkyl carbamates (subject to hydrolysis) is 2. The average molecular weight is 985 g/mol. The van der Waals surface area contributed by atoms with E-state index < -0.39 is 107 Å². The van der Waals surface area contributed by atoms with Crippen LogP contribution in [0.2, 0.25) is 0 Å². The molecular weight excluding hydrogens is 934 g/mol. The largest absolute Gasteiger partial charge is 0.472 e. The Balaban J connectivity index is 1.19. The van der Waals surface area contributed by atoms with Gasteiger partial charge in [0, 0.05) is 19.2 Å². The average Bonchev–Trinajstić information content (AvgIpc) is 3.94. The van der Waals surface area contributed by atoms with Crippen LogP contribution >= 0.6 is 15.6 Å². The SMILES string of the molecule is CC(C)(C)OC(=O)N[C@H](CCCNC(=O)OCc1ccccc1)C(=O)OC1C(COP(=O)(O)O[C@H]2C[C@H](n3ccc(N)nc3=O)O[C@@H]2COP(=O)(O)O)OC(n2cnc3c(N)ncnc32)C1O. The first-order chi connectivity index (χ1) is 31.6. The van der Waals surface area contributed by atoms with Crippen molar-refractivity contribution in [2.45, 2.75) is 101 Å². The number of nitrogens with two attached hydrogens (primary N) is 2. The van der Waals surface area contributed by atoms with E-state index in [1.165, 1.54) is 23.2 Å². The minimum absolute atomic E-state index is 0.00177. The molecule has 9 atom stereocenters. The Morgan fingerprint density at radius 3 is 2.40 bits per heavy atom. The van der Waals surface area contributed by atoms with Crippen molar-refractivity contribution < 1.29 is 80.6 Å². The predicted octanol–water partition coefficient (Wildman–Crippen LogP) is 0.917. The molecule has 28 nitrogen and oxygen atoms in total. The zero-order valence-electron chi connectivity index (χ0n) is 36.0. The Labute approximate surface area is 380 Å². The van der Waals surface area contributed by atoms with Crippen LogP contribution in [0.1, 0.15) is 58.1 Å². The molecule has 0 aliphatic carbocycles. The molecule has 2 saturated heterocycles. The second-order valence-electron chi connectivity index (χ2n) is 16.0. The van der Waals surface area contributed by atoms with Gasteiger partial charge in [0.15, 0.2) is 23.8 Å². The predicted molar refractivity (Wildman–Crippen MR) is 227 cm³/mol. The Morgan fingerprint density at radius 1 is 0.970 bits per heavy atom. The van der Waals surface area contributed by atoms with Crippen LogP contribution in [0, 0.1) is 0 Å². The number of benzene rings is 1. The second kappa shape index (κ2) is 21.5. The number of imidazole rings is 1. The number of amides is 2. The quantitative estimate of drug-likeness (QED) is 0.0280. The molecule has 0 radical (unpaired) electrons. The van der Waals surface area contributed by atoms with E-state index in [1.54, 1.807) is 45.0 Å². The fourth-order valence-electron chi connectivity index (χ4n) is 6.79. The first-order valence-electron chi connectivity index (χ1n) is 20.3. The maximum Gasteiger partial charge on any atom is 0.472 e. The summed E-state index contributed by atoms with van der Waals surface area (Å²) in [6, 6.07) is 8.73. The van der Waals surface area contributed by atoms with Gasteiger partial charge >= 0.3 is 39.5 Å². The third-order valence-electron chi connectivity index (χ3n) is 9.77. The molecule has 30 heteroatoms. The number of nitrogen functional groups attached to an aromatic ring is 2. The first-order valence-corrected chi connectivity index (χ1v) is 23.4. The third kappa shape index (κ3) is 14.2. The van der Waals surface area contributed by atoms with Crippen molar-refractivity contribution >= 4 is 56.6 Å². The maximum absolute atomic E-state index is 14.0. The molecule has 5 unspecified atom stereocenters. The van der Waals surface area contributed by atoms with Crippen LogP contribution in [-0.2, 0) is 57.8 Å². The number of fused-ring (bicyclic) bond motifs is 1. The van der Waals surface area contributed by atoms with E-state index in [0.29, 0.717) is 0 Å². The minimum Gasteiger partial charge on any atom is -0.455 e. The lowest BCUT2D eigenvalue weighted by molar-refractivity contribution is -0.159. The Morgan fingerprint density at radius 2 is 1.70 bits per heavy atom. The summed E-state index contributed by atoms with van der Waals surface area (Å²) in [6.45, 7) is 2.95. The van der Waals surface area contributed by atoms with Crippen LogP contribution in [0.4, 0.5) is 21.2 Å². The summed E-state index contributed by atoms with van der Waals surface area (Å²) in [4.78, 5) is 97.4. The summed E-state index contributed by atoms with van der Waals surface area (Å²) in [5, 5.41) is 16.7. The number of rotatable bonds is 19. The highest BCUT2D eigenvalue weighted by molar-refractivity contribution is 7.47. The van der Waals surface area contributed by atoms with Gasteiger partial charge in [-0.15, -0.1) is 0 Å². The number of phosphoric ester groups is 2. The molecule has 366 valence electrons. The maximum atomic E-state index is 14.0. The van der Waals surface area contributed by atoms with Gasteiger partial charge in [-0.2, -0.15) is 4.98 Å². The van der Waals surface area contributed by atoms with E-state index in [1.807, 2.05) is 6.07 Å². The number of esters is 1. The number of carbonyl (C=O) groups is 3. The summed E-state index contributed by atoms with van der Waals surface area (Å²) in [5.41, 5.74) is 10.6. The highest BCUT2D eigenvalue weighted by atomic mass is 31.2. The molecule has 3 aromatic heterocycles. The molecule has 0 bridgehead atoms. The fourth-order valence-corrected chi connectivity index (χ4v) is 8.09. The van der Waals surface area contributed by atoms with E-state index >= 15 is 0 Å². The van der Waals surface area contributed by atoms with Crippen LogP contribution in [-0.4, -0.2) is 129 Å². The molecule has 0 saturated carbocycles. The van der Waals surface area contributed by atoms with Gasteiger partial charge in [0.05, 0.1) is 19.5 Å². The summed E-state index contributed by atoms with van der Waals surface area (Å²) < 4.78 is 70.8. The van der Waals surface area contributed by atoms with Crippen molar-refractivity contribution in [1.29, 1.82) is 0 Å². The Bertz CT molecular complexity index is 2520. The van der Waals surface area contributed by atoms with Crippen LogP contribution in [0.25, 0.3) is 11.2 Å². The number of hydrogen-bond donors (Lipinski definition) is 8. The lowest BCUT2D eigenvalue weighted by Crippen LogP contribution is -2.48. The molecule has 1 aromatic carbocycles. The van der Waals surface area contributed by atoms with Crippen LogP contribution in [0.3, 0.4) is 0 Å². The van der Waals surface area contributed by atoms with Crippen molar-refractivity contribution in [2.75, 3.05) is 31.2 Å². The van der Waals surface area contributed by atoms with Gasteiger partial charge < -0.3 is 65.6 Å². The number of carbonyl (C=O) groups excluding carboxylic acids is 3. The van der Waals surface area contributed by atoms with Crippen molar-refractivity contribution in [3.8, 4) is 0 Å². The zero-order valence-corrected chi connectivity index (χ0v) is 37.8. The van der Waals surface area contributed by atoms with Gasteiger partial charge in [-0.05, 0) is 45.2 Å². The molecule has 6 rings (SSSR count). The normalized spacial score (nSPS) is 23.3. The van der Waals surface area contributed by atoms with Gasteiger partial charge in [-0.25, -0.2) is 43.3 Å². The van der Waals surface area contributed by atoms with Crippen molar-refractivity contribution in [3.63, 3.8) is 0 Å². The number of aliphatic hydroxyl groups excluding tert-OH is 1. The number of hydrogen-bond acceptors (Lipinski definition) is 21. The van der Waals surface area contributed by atoms with Crippen LogP contribution in [0.15, 0.2) is 60.0 Å². The molecule has 10 N–H and O–H groups in total. The van der Waals surface area contributed by atoms with Crippen molar-refractivity contribution in [3.05, 3.63) is 71.3 Å².